The summed E-state index contributed by atoms with van der Waals surface area (Å²) in [5.74, 6) is -2.82. The molecule has 1 aromatic carbocycles. The molecule has 5 unspecified atom stereocenters. The third kappa shape index (κ3) is 5.32. The van der Waals surface area contributed by atoms with Gasteiger partial charge < -0.3 is 5.11 Å². The smallest absolute Gasteiger partial charge is 0.378 e. The molecule has 2 N–H and O–H groups in total. The van der Waals surface area contributed by atoms with Crippen LogP contribution in [0.15, 0.2) is 59.3 Å². The quantitative estimate of drug-likeness (QED) is 0.564. The largest absolute Gasteiger partial charge is 0.416 e. The molecule has 0 saturated heterocycles. The van der Waals surface area contributed by atoms with Gasteiger partial charge in [-0.15, -0.1) is 0 Å². The number of carbonyl (C=O) groups is 1. The zero-order valence-electron chi connectivity index (χ0n) is 19.7. The highest BCUT2D eigenvalue weighted by Crippen LogP contribution is 2.44. The number of nitriles is 2. The lowest BCUT2D eigenvalue weighted by molar-refractivity contribution is -0.137. The number of aliphatic hydroxyl groups excluding tert-OH is 1. The van der Waals surface area contributed by atoms with Crippen LogP contribution in [-0.4, -0.2) is 23.3 Å². The van der Waals surface area contributed by atoms with E-state index in [1.54, 1.807) is 18.2 Å². The highest BCUT2D eigenvalue weighted by Gasteiger charge is 2.48. The van der Waals surface area contributed by atoms with Crippen LogP contribution < -0.4 is 10.2 Å². The van der Waals surface area contributed by atoms with Crippen molar-refractivity contribution in [1.82, 2.24) is 5.32 Å². The maximum atomic E-state index is 13.9. The maximum Gasteiger partial charge on any atom is 0.416 e. The van der Waals surface area contributed by atoms with E-state index in [-0.39, 0.29) is 28.9 Å². The molecule has 0 saturated carbocycles. The lowest BCUT2D eigenvalue weighted by Crippen LogP contribution is -2.55. The summed E-state index contributed by atoms with van der Waals surface area (Å²) in [6.45, 7) is 5.27. The number of amides is 1. The standard InChI is InChI=1S/C26H27F3N4O2/c1-4-15(2)32-24(34)23-22(18-10-8-17(13-30)9-11-18)21(14-31)16(3)33(25(23)35)20-7-5-6-19(12-20)26(27,28)29/h5-10,12,15,18,22-24,32,34H,4,11H2,1-3H3. The molecule has 0 spiro atoms. The van der Waals surface area contributed by atoms with Gasteiger partial charge in [-0.05, 0) is 56.9 Å². The van der Waals surface area contributed by atoms with E-state index in [9.17, 15) is 28.3 Å². The minimum Gasteiger partial charge on any atom is -0.378 e. The summed E-state index contributed by atoms with van der Waals surface area (Å²) in [6.07, 6.45) is 0.176. The van der Waals surface area contributed by atoms with E-state index in [1.807, 2.05) is 13.8 Å². The van der Waals surface area contributed by atoms with Gasteiger partial charge in [-0.2, -0.15) is 23.7 Å². The fourth-order valence-corrected chi connectivity index (χ4v) is 4.62. The molecule has 0 radical (unpaired) electrons. The van der Waals surface area contributed by atoms with Gasteiger partial charge >= 0.3 is 6.18 Å². The number of alkyl halides is 3. The van der Waals surface area contributed by atoms with Crippen molar-refractivity contribution in [2.45, 2.75) is 52.1 Å². The zero-order chi connectivity index (χ0) is 25.9. The number of halogens is 3. The lowest BCUT2D eigenvalue weighted by Gasteiger charge is -2.43. The maximum absolute atomic E-state index is 13.9. The summed E-state index contributed by atoms with van der Waals surface area (Å²) >= 11 is 0. The number of rotatable bonds is 6. The second-order valence-corrected chi connectivity index (χ2v) is 8.83. The number of nitrogens with zero attached hydrogens (tertiary/aromatic N) is 3. The Morgan fingerprint density at radius 2 is 2.00 bits per heavy atom. The molecule has 0 bridgehead atoms. The molecule has 0 aromatic heterocycles. The number of allylic oxidation sites excluding steroid dienone is 6. The van der Waals surface area contributed by atoms with E-state index in [4.69, 9.17) is 5.26 Å². The summed E-state index contributed by atoms with van der Waals surface area (Å²) < 4.78 is 40.1. The Morgan fingerprint density at radius 3 is 2.54 bits per heavy atom. The van der Waals surface area contributed by atoms with Crippen molar-refractivity contribution in [2.75, 3.05) is 4.90 Å². The second kappa shape index (κ2) is 10.5. The van der Waals surface area contributed by atoms with Crippen molar-refractivity contribution in [1.29, 1.82) is 10.5 Å². The Labute approximate surface area is 202 Å². The highest BCUT2D eigenvalue weighted by atomic mass is 19.4. The van der Waals surface area contributed by atoms with Crippen LogP contribution >= 0.6 is 0 Å². The number of benzene rings is 1. The van der Waals surface area contributed by atoms with Crippen LogP contribution in [0, 0.1) is 40.4 Å². The molecule has 1 aliphatic heterocycles. The van der Waals surface area contributed by atoms with Gasteiger partial charge in [0.15, 0.2) is 0 Å². The topological polar surface area (TPSA) is 100 Å². The van der Waals surface area contributed by atoms with Crippen LogP contribution in [0.1, 0.15) is 39.2 Å². The monoisotopic (exact) mass is 484 g/mol. The molecule has 1 aromatic rings. The predicted octanol–water partition coefficient (Wildman–Crippen LogP) is 4.81. The fraction of sp³-hybridized carbons (Fsp3) is 0.423. The zero-order valence-corrected chi connectivity index (χ0v) is 19.7. The molecule has 184 valence electrons. The van der Waals surface area contributed by atoms with Crippen molar-refractivity contribution in [2.24, 2.45) is 17.8 Å². The van der Waals surface area contributed by atoms with Gasteiger partial charge in [0, 0.05) is 28.9 Å². The van der Waals surface area contributed by atoms with Gasteiger partial charge in [-0.25, -0.2) is 0 Å². The molecule has 1 aliphatic carbocycles. The Kier molecular flexibility index (Phi) is 7.84. The average Bonchev–Trinajstić information content (AvgIpc) is 2.83. The van der Waals surface area contributed by atoms with E-state index in [0.717, 1.165) is 17.0 Å². The predicted molar refractivity (Wildman–Crippen MR) is 124 cm³/mol. The molecule has 6 nitrogen and oxygen atoms in total. The van der Waals surface area contributed by atoms with Gasteiger partial charge in [0.25, 0.3) is 0 Å². The lowest BCUT2D eigenvalue weighted by atomic mass is 9.70. The van der Waals surface area contributed by atoms with Gasteiger partial charge in [0.1, 0.15) is 6.23 Å². The summed E-state index contributed by atoms with van der Waals surface area (Å²) in [5, 5.41) is 33.4. The van der Waals surface area contributed by atoms with E-state index in [2.05, 4.69) is 17.5 Å². The average molecular weight is 485 g/mol. The van der Waals surface area contributed by atoms with Crippen molar-refractivity contribution in [3.63, 3.8) is 0 Å². The van der Waals surface area contributed by atoms with Gasteiger partial charge in [0.05, 0.1) is 29.2 Å². The van der Waals surface area contributed by atoms with E-state index >= 15 is 0 Å². The van der Waals surface area contributed by atoms with Crippen molar-refractivity contribution < 1.29 is 23.1 Å². The SMILES string of the molecule is CCC(C)NC(O)C1C(=O)N(c2cccc(C(F)(F)F)c2)C(C)=C(C#N)C1C1C=CC(C#N)=CC1. The molecule has 35 heavy (non-hydrogen) atoms. The highest BCUT2D eigenvalue weighted by molar-refractivity contribution is 6.00. The first-order valence-corrected chi connectivity index (χ1v) is 11.4. The first kappa shape index (κ1) is 26.2. The minimum atomic E-state index is -4.61. The van der Waals surface area contributed by atoms with Crippen LogP contribution in [0.4, 0.5) is 18.9 Å². The minimum absolute atomic E-state index is 0.0277. The first-order valence-electron chi connectivity index (χ1n) is 11.4. The van der Waals surface area contributed by atoms with E-state index in [1.165, 1.54) is 19.1 Å². The molecular weight excluding hydrogens is 457 g/mol. The second-order valence-electron chi connectivity index (χ2n) is 8.83. The number of nitrogens with one attached hydrogen (secondary N) is 1. The van der Waals surface area contributed by atoms with Gasteiger partial charge in [0.2, 0.25) is 5.91 Å². The Hall–Kier alpha value is -3.40. The Balaban J connectivity index is 2.15. The van der Waals surface area contributed by atoms with E-state index < -0.39 is 35.7 Å². The summed E-state index contributed by atoms with van der Waals surface area (Å²) in [7, 11) is 0. The fourth-order valence-electron chi connectivity index (χ4n) is 4.62. The normalized spacial score (nSPS) is 24.5. The molecule has 3 rings (SSSR count). The van der Waals surface area contributed by atoms with Crippen LogP contribution in [-0.2, 0) is 11.0 Å². The number of carbonyl (C=O) groups excluding carboxylic acids is 1. The molecular formula is C26H27F3N4O2. The molecule has 1 amide bonds. The summed E-state index contributed by atoms with van der Waals surface area (Å²) in [6, 6.07) is 8.41. The number of hydrogen-bond acceptors (Lipinski definition) is 5. The molecule has 0 fully saturated rings. The van der Waals surface area contributed by atoms with Crippen molar-refractivity contribution in [3.8, 4) is 12.1 Å². The van der Waals surface area contributed by atoms with E-state index in [0.29, 0.717) is 18.4 Å². The number of aliphatic hydroxyl groups is 1. The third-order valence-corrected chi connectivity index (χ3v) is 6.63. The number of anilines is 1. The van der Waals surface area contributed by atoms with Crippen molar-refractivity contribution >= 4 is 11.6 Å². The van der Waals surface area contributed by atoms with Gasteiger partial charge in [-0.1, -0.05) is 25.1 Å². The summed E-state index contributed by atoms with van der Waals surface area (Å²) in [4.78, 5) is 14.9. The molecule has 5 atom stereocenters. The van der Waals surface area contributed by atoms with Crippen LogP contribution in [0.5, 0.6) is 0 Å². The number of hydrogen-bond donors (Lipinski definition) is 2. The van der Waals surface area contributed by atoms with Crippen LogP contribution in [0.3, 0.4) is 0 Å². The molecule has 9 heteroatoms. The van der Waals surface area contributed by atoms with Crippen molar-refractivity contribution in [3.05, 3.63) is 64.9 Å². The Bertz CT molecular complexity index is 1160. The van der Waals surface area contributed by atoms with Gasteiger partial charge in [-0.3, -0.25) is 15.0 Å². The van der Waals surface area contributed by atoms with Crippen LogP contribution in [0.25, 0.3) is 0 Å². The Morgan fingerprint density at radius 1 is 1.29 bits per heavy atom. The third-order valence-electron chi connectivity index (χ3n) is 6.63. The molecule has 1 heterocycles. The first-order chi connectivity index (χ1) is 16.5. The molecule has 2 aliphatic rings. The summed E-state index contributed by atoms with van der Waals surface area (Å²) in [5.41, 5.74) is -0.0590. The van der Waals surface area contributed by atoms with Crippen LogP contribution in [0.2, 0.25) is 0 Å².